The Balaban J connectivity index is 3.94. The topological polar surface area (TPSA) is 66.6 Å². The third kappa shape index (κ3) is 7.33. The molecule has 0 saturated carbocycles. The zero-order valence-electron chi connectivity index (χ0n) is 10.1. The number of aliphatic hydroxyl groups is 1. The van der Waals surface area contributed by atoms with Gasteiger partial charge < -0.3 is 15.7 Å². The average Bonchev–Trinajstić information content (AvgIpc) is 2.15. The van der Waals surface area contributed by atoms with Crippen LogP contribution in [-0.2, 0) is 4.79 Å². The van der Waals surface area contributed by atoms with Gasteiger partial charge in [0.15, 0.2) is 0 Å². The molecular weight excluding hydrogens is 192 g/mol. The van der Waals surface area contributed by atoms with Crippen LogP contribution in [0.15, 0.2) is 0 Å². The number of nitrogens with zero attached hydrogens (tertiary/aromatic N) is 1. The van der Waals surface area contributed by atoms with Gasteiger partial charge in [-0.05, 0) is 33.6 Å². The Bertz CT molecular complexity index is 188. The predicted molar refractivity (Wildman–Crippen MR) is 61.5 cm³/mol. The van der Waals surface area contributed by atoms with E-state index in [4.69, 9.17) is 10.8 Å². The lowest BCUT2D eigenvalue weighted by Crippen LogP contribution is -2.36. The SMILES string of the molecule is CCN(CCCO)C(=O)CCC(C)(C)N. The molecule has 0 aromatic heterocycles. The molecule has 0 bridgehead atoms. The summed E-state index contributed by atoms with van der Waals surface area (Å²) in [5.74, 6) is 0.129. The van der Waals surface area contributed by atoms with Crippen molar-refractivity contribution in [2.45, 2.75) is 45.6 Å². The van der Waals surface area contributed by atoms with E-state index >= 15 is 0 Å². The van der Waals surface area contributed by atoms with Gasteiger partial charge in [0.2, 0.25) is 5.91 Å². The van der Waals surface area contributed by atoms with Gasteiger partial charge in [0, 0.05) is 31.7 Å². The molecule has 4 heteroatoms. The highest BCUT2D eigenvalue weighted by Crippen LogP contribution is 2.09. The molecule has 0 rings (SSSR count). The van der Waals surface area contributed by atoms with Crippen LogP contribution < -0.4 is 5.73 Å². The zero-order chi connectivity index (χ0) is 11.9. The predicted octanol–water partition coefficient (Wildman–Crippen LogP) is 0.735. The maximum atomic E-state index is 11.7. The molecule has 0 fully saturated rings. The molecule has 0 aliphatic rings. The van der Waals surface area contributed by atoms with E-state index in [9.17, 15) is 4.79 Å². The van der Waals surface area contributed by atoms with Crippen LogP contribution in [0.25, 0.3) is 0 Å². The van der Waals surface area contributed by atoms with Crippen molar-refractivity contribution in [1.82, 2.24) is 4.90 Å². The first-order valence-corrected chi connectivity index (χ1v) is 5.58. The second kappa shape index (κ2) is 6.80. The molecule has 0 unspecified atom stereocenters. The molecule has 15 heavy (non-hydrogen) atoms. The first-order valence-electron chi connectivity index (χ1n) is 5.58. The number of hydrogen-bond donors (Lipinski definition) is 2. The van der Waals surface area contributed by atoms with E-state index in [1.165, 1.54) is 0 Å². The minimum absolute atomic E-state index is 0.129. The Kier molecular flexibility index (Phi) is 6.52. The quantitative estimate of drug-likeness (QED) is 0.659. The third-order valence-corrected chi connectivity index (χ3v) is 2.30. The summed E-state index contributed by atoms with van der Waals surface area (Å²) >= 11 is 0. The van der Waals surface area contributed by atoms with Crippen molar-refractivity contribution < 1.29 is 9.90 Å². The molecular formula is C11H24N2O2. The lowest BCUT2D eigenvalue weighted by molar-refractivity contribution is -0.131. The minimum Gasteiger partial charge on any atom is -0.396 e. The zero-order valence-corrected chi connectivity index (χ0v) is 10.1. The van der Waals surface area contributed by atoms with Gasteiger partial charge in [0.1, 0.15) is 0 Å². The van der Waals surface area contributed by atoms with Gasteiger partial charge in [0.25, 0.3) is 0 Å². The fourth-order valence-electron chi connectivity index (χ4n) is 1.31. The highest BCUT2D eigenvalue weighted by Gasteiger charge is 2.16. The van der Waals surface area contributed by atoms with Crippen molar-refractivity contribution in [3.8, 4) is 0 Å². The van der Waals surface area contributed by atoms with Crippen LogP contribution in [-0.4, -0.2) is 41.1 Å². The van der Waals surface area contributed by atoms with E-state index in [0.29, 0.717) is 32.4 Å². The molecule has 4 nitrogen and oxygen atoms in total. The summed E-state index contributed by atoms with van der Waals surface area (Å²) in [6.45, 7) is 7.25. The van der Waals surface area contributed by atoms with Crippen LogP contribution in [0.5, 0.6) is 0 Å². The summed E-state index contributed by atoms with van der Waals surface area (Å²) in [7, 11) is 0. The number of carbonyl (C=O) groups is 1. The van der Waals surface area contributed by atoms with Gasteiger partial charge in [-0.2, -0.15) is 0 Å². The van der Waals surface area contributed by atoms with E-state index in [0.717, 1.165) is 0 Å². The fraction of sp³-hybridized carbons (Fsp3) is 0.909. The molecule has 0 aliphatic carbocycles. The summed E-state index contributed by atoms with van der Waals surface area (Å²) in [5.41, 5.74) is 5.53. The molecule has 3 N–H and O–H groups in total. The number of carbonyl (C=O) groups excluding carboxylic acids is 1. The molecule has 0 saturated heterocycles. The molecule has 0 atom stereocenters. The molecule has 0 heterocycles. The van der Waals surface area contributed by atoms with Gasteiger partial charge in [-0.15, -0.1) is 0 Å². The maximum Gasteiger partial charge on any atom is 0.222 e. The van der Waals surface area contributed by atoms with Crippen LogP contribution in [0, 0.1) is 0 Å². The van der Waals surface area contributed by atoms with Crippen molar-refractivity contribution in [2.75, 3.05) is 19.7 Å². The van der Waals surface area contributed by atoms with Gasteiger partial charge >= 0.3 is 0 Å². The van der Waals surface area contributed by atoms with Crippen molar-refractivity contribution in [3.63, 3.8) is 0 Å². The van der Waals surface area contributed by atoms with Crippen molar-refractivity contribution >= 4 is 5.91 Å². The number of hydrogen-bond acceptors (Lipinski definition) is 3. The molecule has 0 radical (unpaired) electrons. The van der Waals surface area contributed by atoms with Crippen molar-refractivity contribution in [2.24, 2.45) is 5.73 Å². The second-order valence-electron chi connectivity index (χ2n) is 4.54. The maximum absolute atomic E-state index is 11.7. The molecule has 90 valence electrons. The van der Waals surface area contributed by atoms with Crippen LogP contribution in [0.1, 0.15) is 40.0 Å². The Labute approximate surface area is 92.4 Å². The third-order valence-electron chi connectivity index (χ3n) is 2.30. The lowest BCUT2D eigenvalue weighted by atomic mass is 10.00. The van der Waals surface area contributed by atoms with Gasteiger partial charge in [-0.1, -0.05) is 0 Å². The highest BCUT2D eigenvalue weighted by molar-refractivity contribution is 5.76. The van der Waals surface area contributed by atoms with E-state index in [1.54, 1.807) is 4.90 Å². The van der Waals surface area contributed by atoms with E-state index < -0.39 is 0 Å². The van der Waals surface area contributed by atoms with Crippen LogP contribution in [0.3, 0.4) is 0 Å². The molecule has 0 aromatic rings. The van der Waals surface area contributed by atoms with Crippen LogP contribution >= 0.6 is 0 Å². The summed E-state index contributed by atoms with van der Waals surface area (Å²) in [6.07, 6.45) is 1.83. The largest absolute Gasteiger partial charge is 0.396 e. The summed E-state index contributed by atoms with van der Waals surface area (Å²) in [5, 5.41) is 8.69. The molecule has 0 aromatic carbocycles. The van der Waals surface area contributed by atoms with E-state index in [1.807, 2.05) is 20.8 Å². The number of rotatable bonds is 7. The fourth-order valence-corrected chi connectivity index (χ4v) is 1.31. The summed E-state index contributed by atoms with van der Waals surface area (Å²) < 4.78 is 0. The smallest absolute Gasteiger partial charge is 0.222 e. The van der Waals surface area contributed by atoms with Gasteiger partial charge in [0.05, 0.1) is 0 Å². The van der Waals surface area contributed by atoms with Crippen molar-refractivity contribution in [3.05, 3.63) is 0 Å². The standard InChI is InChI=1S/C11H24N2O2/c1-4-13(8-5-9-14)10(15)6-7-11(2,3)12/h14H,4-9,12H2,1-3H3. The Hall–Kier alpha value is -0.610. The average molecular weight is 216 g/mol. The monoisotopic (exact) mass is 216 g/mol. The van der Waals surface area contributed by atoms with Gasteiger partial charge in [-0.25, -0.2) is 0 Å². The molecule has 0 aliphatic heterocycles. The Morgan fingerprint density at radius 3 is 2.47 bits per heavy atom. The molecule has 0 spiro atoms. The number of aliphatic hydroxyl groups excluding tert-OH is 1. The summed E-state index contributed by atoms with van der Waals surface area (Å²) in [4.78, 5) is 13.5. The second-order valence-corrected chi connectivity index (χ2v) is 4.54. The van der Waals surface area contributed by atoms with Crippen LogP contribution in [0.2, 0.25) is 0 Å². The minimum atomic E-state index is -0.286. The first kappa shape index (κ1) is 14.4. The number of nitrogens with two attached hydrogens (primary N) is 1. The van der Waals surface area contributed by atoms with E-state index in [2.05, 4.69) is 0 Å². The van der Waals surface area contributed by atoms with Crippen molar-refractivity contribution in [1.29, 1.82) is 0 Å². The van der Waals surface area contributed by atoms with Gasteiger partial charge in [-0.3, -0.25) is 4.79 Å². The Morgan fingerprint density at radius 2 is 2.07 bits per heavy atom. The van der Waals surface area contributed by atoms with Crippen LogP contribution in [0.4, 0.5) is 0 Å². The highest BCUT2D eigenvalue weighted by atomic mass is 16.3. The normalized spacial score (nSPS) is 11.5. The number of amides is 1. The first-order chi connectivity index (χ1) is 6.90. The van der Waals surface area contributed by atoms with E-state index in [-0.39, 0.29) is 18.1 Å². The lowest BCUT2D eigenvalue weighted by Gasteiger charge is -2.23. The summed E-state index contributed by atoms with van der Waals surface area (Å²) in [6, 6.07) is 0. The Morgan fingerprint density at radius 1 is 1.47 bits per heavy atom. The molecule has 1 amide bonds.